The van der Waals surface area contributed by atoms with E-state index in [1.54, 1.807) is 0 Å². The van der Waals surface area contributed by atoms with Gasteiger partial charge >= 0.3 is 0 Å². The van der Waals surface area contributed by atoms with Gasteiger partial charge in [0.15, 0.2) is 0 Å². The number of aliphatic hydroxyl groups is 2. The first-order chi connectivity index (χ1) is 11.2. The van der Waals surface area contributed by atoms with Crippen LogP contribution in [0.5, 0.6) is 0 Å². The summed E-state index contributed by atoms with van der Waals surface area (Å²) < 4.78 is 0. The van der Waals surface area contributed by atoms with E-state index in [4.69, 9.17) is 5.11 Å². The average Bonchev–Trinajstić information content (AvgIpc) is 2.46. The molecule has 3 nitrogen and oxygen atoms in total. The van der Waals surface area contributed by atoms with Crippen LogP contribution < -0.4 is 0 Å². The van der Waals surface area contributed by atoms with Crippen LogP contribution in [0.4, 0.5) is 0 Å². The average molecular weight is 343 g/mol. The predicted molar refractivity (Wildman–Crippen MR) is 102 cm³/mol. The molecule has 1 unspecified atom stereocenters. The molecule has 0 heterocycles. The van der Waals surface area contributed by atoms with Crippen molar-refractivity contribution in [2.45, 2.75) is 111 Å². The third-order valence-corrected chi connectivity index (χ3v) is 5.21. The van der Waals surface area contributed by atoms with Gasteiger partial charge in [0.1, 0.15) is 6.29 Å². The first-order valence-electron chi connectivity index (χ1n) is 9.95. The van der Waals surface area contributed by atoms with E-state index >= 15 is 0 Å². The SMILES string of the molecule is CC(C)(CC=O)CCCCCC(O)CCCCCC(C)(C)CCO. The quantitative estimate of drug-likeness (QED) is 0.297. The van der Waals surface area contributed by atoms with E-state index in [1.165, 1.54) is 12.8 Å². The molecule has 0 saturated heterocycles. The Labute approximate surface area is 150 Å². The molecule has 0 aromatic heterocycles. The number of aldehydes is 1. The highest BCUT2D eigenvalue weighted by molar-refractivity contribution is 5.50. The maximum Gasteiger partial charge on any atom is 0.120 e. The Kier molecular flexibility index (Phi) is 12.7. The van der Waals surface area contributed by atoms with Gasteiger partial charge in [-0.05, 0) is 42.9 Å². The van der Waals surface area contributed by atoms with Crippen LogP contribution in [0.3, 0.4) is 0 Å². The number of hydrogen-bond acceptors (Lipinski definition) is 3. The number of carbonyl (C=O) groups excluding carboxylic acids is 1. The van der Waals surface area contributed by atoms with Gasteiger partial charge in [-0.3, -0.25) is 0 Å². The summed E-state index contributed by atoms with van der Waals surface area (Å²) in [4.78, 5) is 10.6. The molecule has 0 rings (SSSR count). The first kappa shape index (κ1) is 23.6. The molecule has 0 radical (unpaired) electrons. The van der Waals surface area contributed by atoms with Crippen molar-refractivity contribution in [1.29, 1.82) is 0 Å². The Morgan fingerprint density at radius 2 is 1.29 bits per heavy atom. The fourth-order valence-corrected chi connectivity index (χ4v) is 3.22. The molecule has 0 aromatic carbocycles. The van der Waals surface area contributed by atoms with Crippen molar-refractivity contribution in [1.82, 2.24) is 0 Å². The maximum atomic E-state index is 10.6. The van der Waals surface area contributed by atoms with Crippen LogP contribution in [0.25, 0.3) is 0 Å². The summed E-state index contributed by atoms with van der Waals surface area (Å²) >= 11 is 0. The van der Waals surface area contributed by atoms with Gasteiger partial charge in [0, 0.05) is 13.0 Å². The van der Waals surface area contributed by atoms with Crippen LogP contribution in [0, 0.1) is 10.8 Å². The van der Waals surface area contributed by atoms with E-state index in [-0.39, 0.29) is 23.5 Å². The van der Waals surface area contributed by atoms with Crippen molar-refractivity contribution in [3.05, 3.63) is 0 Å². The lowest BCUT2D eigenvalue weighted by molar-refractivity contribution is -0.109. The predicted octanol–water partition coefficient (Wildman–Crippen LogP) is 5.27. The van der Waals surface area contributed by atoms with Crippen molar-refractivity contribution < 1.29 is 15.0 Å². The standard InChI is InChI=1S/C21H42O3/c1-20(2,15-17-22)13-9-5-7-11-19(24)12-8-6-10-14-21(3,4)16-18-23/h17,19,23-24H,5-16,18H2,1-4H3. The minimum atomic E-state index is -0.154. The maximum absolute atomic E-state index is 10.6. The molecule has 0 aliphatic carbocycles. The highest BCUT2D eigenvalue weighted by atomic mass is 16.3. The van der Waals surface area contributed by atoms with E-state index in [0.717, 1.165) is 64.1 Å². The molecule has 0 saturated carbocycles. The molecule has 0 spiro atoms. The van der Waals surface area contributed by atoms with Gasteiger partial charge in [-0.25, -0.2) is 0 Å². The molecule has 0 amide bonds. The molecule has 24 heavy (non-hydrogen) atoms. The van der Waals surface area contributed by atoms with E-state index in [2.05, 4.69) is 27.7 Å². The molecule has 0 aliphatic heterocycles. The summed E-state index contributed by atoms with van der Waals surface area (Å²) in [6, 6.07) is 0. The molecular weight excluding hydrogens is 300 g/mol. The second kappa shape index (κ2) is 12.9. The van der Waals surface area contributed by atoms with E-state index < -0.39 is 0 Å². The lowest BCUT2D eigenvalue weighted by Gasteiger charge is -2.23. The normalized spacial score (nSPS) is 13.9. The molecule has 0 aromatic rings. The molecule has 1 atom stereocenters. The first-order valence-corrected chi connectivity index (χ1v) is 9.95. The molecule has 0 fully saturated rings. The second-order valence-electron chi connectivity index (χ2n) is 9.03. The van der Waals surface area contributed by atoms with Gasteiger partial charge in [0.25, 0.3) is 0 Å². The van der Waals surface area contributed by atoms with Crippen LogP contribution >= 0.6 is 0 Å². The van der Waals surface area contributed by atoms with Crippen LogP contribution in [-0.2, 0) is 4.79 Å². The monoisotopic (exact) mass is 342 g/mol. The summed E-state index contributed by atoms with van der Waals surface area (Å²) in [5.74, 6) is 0. The lowest BCUT2D eigenvalue weighted by Crippen LogP contribution is -2.13. The Morgan fingerprint density at radius 3 is 1.75 bits per heavy atom. The summed E-state index contributed by atoms with van der Waals surface area (Å²) in [5.41, 5.74) is 0.370. The van der Waals surface area contributed by atoms with E-state index in [0.29, 0.717) is 6.42 Å². The Hall–Kier alpha value is -0.410. The lowest BCUT2D eigenvalue weighted by atomic mass is 9.84. The largest absolute Gasteiger partial charge is 0.396 e. The van der Waals surface area contributed by atoms with E-state index in [1.807, 2.05) is 0 Å². The zero-order chi connectivity index (χ0) is 18.5. The molecule has 0 bridgehead atoms. The van der Waals surface area contributed by atoms with Gasteiger partial charge in [-0.2, -0.15) is 0 Å². The van der Waals surface area contributed by atoms with Crippen molar-refractivity contribution in [3.8, 4) is 0 Å². The number of carbonyl (C=O) groups is 1. The van der Waals surface area contributed by atoms with Crippen molar-refractivity contribution in [2.75, 3.05) is 6.61 Å². The highest BCUT2D eigenvalue weighted by Gasteiger charge is 2.17. The van der Waals surface area contributed by atoms with Crippen LogP contribution in [0.2, 0.25) is 0 Å². The van der Waals surface area contributed by atoms with Gasteiger partial charge in [0.2, 0.25) is 0 Å². The molecule has 0 aliphatic rings. The third-order valence-electron chi connectivity index (χ3n) is 5.21. The third kappa shape index (κ3) is 14.0. The zero-order valence-corrected chi connectivity index (χ0v) is 16.6. The summed E-state index contributed by atoms with van der Waals surface area (Å²) in [5, 5.41) is 19.1. The Balaban J connectivity index is 3.54. The smallest absolute Gasteiger partial charge is 0.120 e. The molecule has 144 valence electrons. The Morgan fingerprint density at radius 1 is 0.792 bits per heavy atom. The number of rotatable bonds is 16. The fourth-order valence-electron chi connectivity index (χ4n) is 3.22. The molecule has 3 heteroatoms. The minimum Gasteiger partial charge on any atom is -0.396 e. The fraction of sp³-hybridized carbons (Fsp3) is 0.952. The molecule has 2 N–H and O–H groups in total. The van der Waals surface area contributed by atoms with Crippen molar-refractivity contribution in [2.24, 2.45) is 10.8 Å². The summed E-state index contributed by atoms with van der Waals surface area (Å²) in [7, 11) is 0. The number of unbranched alkanes of at least 4 members (excludes halogenated alkanes) is 4. The topological polar surface area (TPSA) is 57.5 Å². The summed E-state index contributed by atoms with van der Waals surface area (Å²) in [6.45, 7) is 9.01. The van der Waals surface area contributed by atoms with E-state index in [9.17, 15) is 9.90 Å². The second-order valence-corrected chi connectivity index (χ2v) is 9.03. The van der Waals surface area contributed by atoms with Crippen molar-refractivity contribution in [3.63, 3.8) is 0 Å². The highest BCUT2D eigenvalue weighted by Crippen LogP contribution is 2.28. The Bertz CT molecular complexity index is 310. The summed E-state index contributed by atoms with van der Waals surface area (Å²) in [6.07, 6.45) is 13.3. The minimum absolute atomic E-state index is 0.129. The van der Waals surface area contributed by atoms with Gasteiger partial charge in [-0.15, -0.1) is 0 Å². The number of hydrogen-bond donors (Lipinski definition) is 2. The van der Waals surface area contributed by atoms with Gasteiger partial charge in [0.05, 0.1) is 6.10 Å². The zero-order valence-electron chi connectivity index (χ0n) is 16.6. The molecular formula is C21H42O3. The van der Waals surface area contributed by atoms with Crippen LogP contribution in [-0.4, -0.2) is 29.2 Å². The van der Waals surface area contributed by atoms with Crippen LogP contribution in [0.1, 0.15) is 105 Å². The van der Waals surface area contributed by atoms with Crippen LogP contribution in [0.15, 0.2) is 0 Å². The number of aliphatic hydroxyl groups excluding tert-OH is 2. The van der Waals surface area contributed by atoms with Crippen molar-refractivity contribution >= 4 is 6.29 Å². The van der Waals surface area contributed by atoms with Gasteiger partial charge in [-0.1, -0.05) is 66.2 Å². The van der Waals surface area contributed by atoms with Gasteiger partial charge < -0.3 is 15.0 Å².